The summed E-state index contributed by atoms with van der Waals surface area (Å²) in [5.41, 5.74) is 12.9. The summed E-state index contributed by atoms with van der Waals surface area (Å²) in [4.78, 5) is 6.47. The first kappa shape index (κ1) is 18.1. The van der Waals surface area contributed by atoms with E-state index in [4.69, 9.17) is 5.73 Å². The van der Waals surface area contributed by atoms with Crippen LogP contribution in [0.3, 0.4) is 0 Å². The maximum absolute atomic E-state index is 6.24. The number of thioether (sulfide) groups is 1. The van der Waals surface area contributed by atoms with E-state index in [9.17, 15) is 0 Å². The predicted octanol–water partition coefficient (Wildman–Crippen LogP) is 3.73. The molecule has 0 amide bonds. The van der Waals surface area contributed by atoms with Gasteiger partial charge in [-0.05, 0) is 43.2 Å². The third-order valence-corrected chi connectivity index (χ3v) is 7.11. The van der Waals surface area contributed by atoms with Crippen molar-refractivity contribution >= 4 is 23.1 Å². The molecule has 5 heteroatoms. The van der Waals surface area contributed by atoms with Gasteiger partial charge in [0, 0.05) is 59.8 Å². The summed E-state index contributed by atoms with van der Waals surface area (Å²) in [6.07, 6.45) is 3.71. The van der Waals surface area contributed by atoms with Crippen LogP contribution in [0, 0.1) is 6.92 Å². The van der Waals surface area contributed by atoms with Crippen LogP contribution in [0.15, 0.2) is 53.4 Å². The number of nitrogens with zero attached hydrogens (tertiary/aromatic N) is 2. The second kappa shape index (κ2) is 7.47. The van der Waals surface area contributed by atoms with Crippen molar-refractivity contribution in [2.75, 3.05) is 30.7 Å². The predicted molar refractivity (Wildman–Crippen MR) is 118 cm³/mol. The summed E-state index contributed by atoms with van der Waals surface area (Å²) in [7, 11) is 0. The van der Waals surface area contributed by atoms with Gasteiger partial charge < -0.3 is 16.0 Å². The van der Waals surface area contributed by atoms with Crippen molar-refractivity contribution < 1.29 is 0 Å². The molecule has 3 heterocycles. The molecule has 1 saturated heterocycles. The Bertz CT molecular complexity index is 909. The summed E-state index contributed by atoms with van der Waals surface area (Å²) in [5.74, 6) is 1.12. The molecular formula is C23H28N4S. The highest BCUT2D eigenvalue weighted by Gasteiger charge is 2.30. The van der Waals surface area contributed by atoms with E-state index < -0.39 is 0 Å². The molecule has 0 aromatic heterocycles. The highest BCUT2D eigenvalue weighted by molar-refractivity contribution is 7.99. The summed E-state index contributed by atoms with van der Waals surface area (Å²) >= 11 is 1.97. The van der Waals surface area contributed by atoms with Gasteiger partial charge in [-0.3, -0.25) is 4.90 Å². The summed E-state index contributed by atoms with van der Waals surface area (Å²) < 4.78 is 0. The molecule has 3 aliphatic rings. The smallest absolute Gasteiger partial charge is 0.101 e. The Morgan fingerprint density at radius 1 is 1.14 bits per heavy atom. The van der Waals surface area contributed by atoms with E-state index in [0.29, 0.717) is 0 Å². The van der Waals surface area contributed by atoms with E-state index in [1.54, 1.807) is 0 Å². The number of nitrogens with one attached hydrogen (secondary N) is 1. The van der Waals surface area contributed by atoms with E-state index in [2.05, 4.69) is 70.6 Å². The molecule has 28 heavy (non-hydrogen) atoms. The number of benzene rings is 2. The van der Waals surface area contributed by atoms with Crippen molar-refractivity contribution in [2.45, 2.75) is 37.0 Å². The third kappa shape index (κ3) is 3.43. The Morgan fingerprint density at radius 2 is 2.04 bits per heavy atom. The molecule has 2 aromatic rings. The van der Waals surface area contributed by atoms with E-state index >= 15 is 0 Å². The number of aryl methyl sites for hydroxylation is 1. The minimum Gasteiger partial charge on any atom is -0.370 e. The lowest BCUT2D eigenvalue weighted by atomic mass is 10.0. The number of rotatable bonds is 2. The van der Waals surface area contributed by atoms with Crippen LogP contribution in [0.4, 0.5) is 5.69 Å². The Kier molecular flexibility index (Phi) is 4.83. The largest absolute Gasteiger partial charge is 0.370 e. The molecule has 2 unspecified atom stereocenters. The summed E-state index contributed by atoms with van der Waals surface area (Å²) in [6, 6.07) is 15.9. The van der Waals surface area contributed by atoms with Gasteiger partial charge in [0.2, 0.25) is 0 Å². The zero-order valence-electron chi connectivity index (χ0n) is 16.4. The molecule has 3 N–H and O–H groups in total. The third-order valence-electron chi connectivity index (χ3n) is 6.01. The highest BCUT2D eigenvalue weighted by atomic mass is 32.2. The topological polar surface area (TPSA) is 44.5 Å². The van der Waals surface area contributed by atoms with Crippen molar-refractivity contribution in [1.29, 1.82) is 0 Å². The maximum atomic E-state index is 6.24. The van der Waals surface area contributed by atoms with Crippen molar-refractivity contribution in [3.8, 4) is 0 Å². The van der Waals surface area contributed by atoms with Gasteiger partial charge in [0.15, 0.2) is 0 Å². The molecule has 2 atom stereocenters. The molecule has 1 fully saturated rings. The van der Waals surface area contributed by atoms with E-state index in [1.165, 1.54) is 33.0 Å². The van der Waals surface area contributed by atoms with Gasteiger partial charge in [0.25, 0.3) is 0 Å². The SMILES string of the molecule is Cc1ccc2c(c1)C(N1CCC(N)C1)=CC(N1CCSc3ccccc3C1)N2. The monoisotopic (exact) mass is 392 g/mol. The van der Waals surface area contributed by atoms with Crippen LogP contribution >= 0.6 is 11.8 Å². The number of hydrogen-bond acceptors (Lipinski definition) is 5. The van der Waals surface area contributed by atoms with Crippen molar-refractivity contribution in [3.63, 3.8) is 0 Å². The molecular weight excluding hydrogens is 364 g/mol. The summed E-state index contributed by atoms with van der Waals surface area (Å²) in [6.45, 7) is 6.21. The average Bonchev–Trinajstić information content (AvgIpc) is 3.01. The first-order valence-electron chi connectivity index (χ1n) is 10.2. The van der Waals surface area contributed by atoms with Gasteiger partial charge >= 0.3 is 0 Å². The zero-order valence-corrected chi connectivity index (χ0v) is 17.2. The Morgan fingerprint density at radius 3 is 2.89 bits per heavy atom. The van der Waals surface area contributed by atoms with Gasteiger partial charge in [-0.2, -0.15) is 0 Å². The fraction of sp³-hybridized carbons (Fsp3) is 0.391. The molecule has 2 aromatic carbocycles. The van der Waals surface area contributed by atoms with Crippen LogP contribution < -0.4 is 11.1 Å². The van der Waals surface area contributed by atoms with Crippen LogP contribution in [-0.2, 0) is 6.54 Å². The number of fused-ring (bicyclic) bond motifs is 2. The summed E-state index contributed by atoms with van der Waals surface area (Å²) in [5, 5.41) is 3.80. The van der Waals surface area contributed by atoms with Crippen LogP contribution in [-0.4, -0.2) is 47.4 Å². The Hall–Kier alpha value is -1.95. The first-order valence-corrected chi connectivity index (χ1v) is 11.2. The lowest BCUT2D eigenvalue weighted by Gasteiger charge is -2.37. The maximum Gasteiger partial charge on any atom is 0.101 e. The van der Waals surface area contributed by atoms with Crippen molar-refractivity contribution in [3.05, 3.63) is 65.2 Å². The van der Waals surface area contributed by atoms with Gasteiger partial charge in [-0.25, -0.2) is 0 Å². The molecule has 0 aliphatic carbocycles. The normalized spacial score (nSPS) is 24.8. The molecule has 0 radical (unpaired) electrons. The fourth-order valence-electron chi connectivity index (χ4n) is 4.50. The van der Waals surface area contributed by atoms with Gasteiger partial charge in [-0.1, -0.05) is 29.8 Å². The first-order chi connectivity index (χ1) is 13.7. The highest BCUT2D eigenvalue weighted by Crippen LogP contribution is 2.36. The molecule has 4 nitrogen and oxygen atoms in total. The van der Waals surface area contributed by atoms with Gasteiger partial charge in [0.05, 0.1) is 0 Å². The van der Waals surface area contributed by atoms with Crippen LogP contribution in [0.1, 0.15) is 23.1 Å². The van der Waals surface area contributed by atoms with E-state index in [-0.39, 0.29) is 12.2 Å². The molecule has 0 bridgehead atoms. The van der Waals surface area contributed by atoms with Crippen molar-refractivity contribution in [2.24, 2.45) is 5.73 Å². The van der Waals surface area contributed by atoms with E-state index in [1.807, 2.05) is 11.8 Å². The van der Waals surface area contributed by atoms with Crippen molar-refractivity contribution in [1.82, 2.24) is 9.80 Å². The fourth-order valence-corrected chi connectivity index (χ4v) is 5.54. The number of likely N-dealkylation sites (tertiary alicyclic amines) is 1. The minimum atomic E-state index is 0.203. The minimum absolute atomic E-state index is 0.203. The van der Waals surface area contributed by atoms with Crippen LogP contribution in [0.5, 0.6) is 0 Å². The zero-order chi connectivity index (χ0) is 19.1. The quantitative estimate of drug-likeness (QED) is 0.815. The van der Waals surface area contributed by atoms with Gasteiger partial charge in [-0.15, -0.1) is 11.8 Å². The lowest BCUT2D eigenvalue weighted by Crippen LogP contribution is -2.42. The standard InChI is InChI=1S/C23H28N4S/c1-16-6-7-20-19(12-16)21(26-9-8-18(24)15-26)13-23(25-20)27-10-11-28-22-5-3-2-4-17(22)14-27/h2-7,12-13,18,23,25H,8-11,14-15,24H2,1H3. The van der Waals surface area contributed by atoms with Crippen LogP contribution in [0.25, 0.3) is 5.70 Å². The van der Waals surface area contributed by atoms with Crippen LogP contribution in [0.2, 0.25) is 0 Å². The molecule has 146 valence electrons. The molecule has 3 aliphatic heterocycles. The van der Waals surface area contributed by atoms with Gasteiger partial charge in [0.1, 0.15) is 6.17 Å². The molecule has 0 saturated carbocycles. The number of anilines is 1. The Balaban J connectivity index is 1.49. The number of nitrogens with two attached hydrogens (primary N) is 1. The Labute approximate surface area is 171 Å². The average molecular weight is 393 g/mol. The molecule has 5 rings (SSSR count). The number of hydrogen-bond donors (Lipinski definition) is 2. The van der Waals surface area contributed by atoms with E-state index in [0.717, 1.165) is 38.4 Å². The second-order valence-electron chi connectivity index (χ2n) is 8.11. The second-order valence-corrected chi connectivity index (χ2v) is 9.25. The lowest BCUT2D eigenvalue weighted by molar-refractivity contribution is 0.251. The molecule has 0 spiro atoms.